The van der Waals surface area contributed by atoms with Crippen LogP contribution in [0.5, 0.6) is 0 Å². The van der Waals surface area contributed by atoms with Crippen molar-refractivity contribution in [1.82, 2.24) is 5.32 Å². The van der Waals surface area contributed by atoms with Crippen molar-refractivity contribution in [2.24, 2.45) is 0 Å². The van der Waals surface area contributed by atoms with Gasteiger partial charge in [-0.2, -0.15) is 0 Å². The quantitative estimate of drug-likeness (QED) is 0.780. The lowest BCUT2D eigenvalue weighted by Crippen LogP contribution is -2.15. The number of nitrogens with one attached hydrogen (secondary N) is 1. The molecule has 0 saturated carbocycles. The van der Waals surface area contributed by atoms with Gasteiger partial charge in [-0.25, -0.2) is 8.78 Å². The van der Waals surface area contributed by atoms with Gasteiger partial charge in [0.25, 0.3) is 0 Å². The van der Waals surface area contributed by atoms with E-state index >= 15 is 0 Å². The number of esters is 1. The standard InChI is InChI=1S/C11H13F2NO2/c1-14-5-4-11(15)16-7-8-2-3-9(12)6-10(8)13/h2-3,6,14H,4-5,7H2,1H3. The SMILES string of the molecule is CNCCC(=O)OCc1ccc(F)cc1F. The van der Waals surface area contributed by atoms with E-state index in [1.807, 2.05) is 0 Å². The minimum Gasteiger partial charge on any atom is -0.461 e. The summed E-state index contributed by atoms with van der Waals surface area (Å²) in [6.07, 6.45) is 0.222. The normalized spacial score (nSPS) is 10.2. The second kappa shape index (κ2) is 6.17. The molecule has 0 radical (unpaired) electrons. The second-order valence-corrected chi connectivity index (χ2v) is 3.25. The van der Waals surface area contributed by atoms with Crippen molar-refractivity contribution < 1.29 is 18.3 Å². The van der Waals surface area contributed by atoms with Crippen molar-refractivity contribution in [1.29, 1.82) is 0 Å². The summed E-state index contributed by atoms with van der Waals surface area (Å²) in [7, 11) is 1.72. The molecule has 1 rings (SSSR count). The molecule has 0 aliphatic carbocycles. The monoisotopic (exact) mass is 229 g/mol. The van der Waals surface area contributed by atoms with Crippen LogP contribution in [0, 0.1) is 11.6 Å². The van der Waals surface area contributed by atoms with Gasteiger partial charge >= 0.3 is 5.97 Å². The zero-order chi connectivity index (χ0) is 12.0. The van der Waals surface area contributed by atoms with E-state index in [9.17, 15) is 13.6 Å². The molecule has 1 aromatic carbocycles. The molecule has 3 nitrogen and oxygen atoms in total. The Morgan fingerprint density at radius 1 is 1.44 bits per heavy atom. The minimum atomic E-state index is -0.707. The van der Waals surface area contributed by atoms with E-state index in [2.05, 4.69) is 5.32 Å². The van der Waals surface area contributed by atoms with E-state index < -0.39 is 17.6 Å². The largest absolute Gasteiger partial charge is 0.461 e. The molecule has 0 unspecified atom stereocenters. The Balaban J connectivity index is 2.45. The molecule has 88 valence electrons. The molecule has 0 heterocycles. The summed E-state index contributed by atoms with van der Waals surface area (Å²) < 4.78 is 30.5. The highest BCUT2D eigenvalue weighted by molar-refractivity contribution is 5.69. The van der Waals surface area contributed by atoms with E-state index in [1.54, 1.807) is 7.05 Å². The molecule has 0 aliphatic rings. The molecule has 0 bridgehead atoms. The molecule has 0 spiro atoms. The fourth-order valence-corrected chi connectivity index (χ4v) is 1.10. The maximum Gasteiger partial charge on any atom is 0.307 e. The predicted molar refractivity (Wildman–Crippen MR) is 54.7 cm³/mol. The number of rotatable bonds is 5. The molecule has 0 saturated heterocycles. The number of ether oxygens (including phenoxy) is 1. The molecule has 1 aromatic rings. The molecule has 5 heteroatoms. The molecule has 0 aliphatic heterocycles. The number of hydrogen-bond acceptors (Lipinski definition) is 3. The van der Waals surface area contributed by atoms with Crippen LogP contribution in [0.3, 0.4) is 0 Å². The minimum absolute atomic E-state index is 0.166. The molecule has 0 amide bonds. The number of halogens is 2. The molecule has 0 atom stereocenters. The Morgan fingerprint density at radius 3 is 2.81 bits per heavy atom. The Morgan fingerprint density at radius 2 is 2.19 bits per heavy atom. The predicted octanol–water partition coefficient (Wildman–Crippen LogP) is 1.62. The highest BCUT2D eigenvalue weighted by atomic mass is 19.1. The third kappa shape index (κ3) is 3.94. The van der Waals surface area contributed by atoms with Crippen molar-refractivity contribution in [3.05, 3.63) is 35.4 Å². The number of benzene rings is 1. The van der Waals surface area contributed by atoms with Gasteiger partial charge < -0.3 is 10.1 Å². The van der Waals surface area contributed by atoms with Crippen LogP contribution in [-0.2, 0) is 16.1 Å². The van der Waals surface area contributed by atoms with Gasteiger partial charge in [0.2, 0.25) is 0 Å². The maximum absolute atomic E-state index is 13.1. The number of carbonyl (C=O) groups excluding carboxylic acids is 1. The van der Waals surface area contributed by atoms with Crippen molar-refractivity contribution in [2.45, 2.75) is 13.0 Å². The lowest BCUT2D eigenvalue weighted by Gasteiger charge is -2.05. The van der Waals surface area contributed by atoms with Gasteiger partial charge in [0.15, 0.2) is 0 Å². The van der Waals surface area contributed by atoms with Gasteiger partial charge in [-0.15, -0.1) is 0 Å². The van der Waals surface area contributed by atoms with Crippen molar-refractivity contribution in [3.8, 4) is 0 Å². The first-order valence-electron chi connectivity index (χ1n) is 4.87. The van der Waals surface area contributed by atoms with Crippen LogP contribution in [0.2, 0.25) is 0 Å². The average molecular weight is 229 g/mol. The topological polar surface area (TPSA) is 38.3 Å². The van der Waals surface area contributed by atoms with E-state index in [1.165, 1.54) is 6.07 Å². The Labute approximate surface area is 92.4 Å². The zero-order valence-electron chi connectivity index (χ0n) is 8.93. The van der Waals surface area contributed by atoms with E-state index in [0.717, 1.165) is 12.1 Å². The highest BCUT2D eigenvalue weighted by Crippen LogP contribution is 2.10. The average Bonchev–Trinajstić information content (AvgIpc) is 2.25. The zero-order valence-corrected chi connectivity index (χ0v) is 8.93. The first kappa shape index (κ1) is 12.6. The van der Waals surface area contributed by atoms with Crippen molar-refractivity contribution >= 4 is 5.97 Å². The summed E-state index contributed by atoms with van der Waals surface area (Å²) in [4.78, 5) is 11.1. The Kier molecular flexibility index (Phi) is 4.85. The first-order chi connectivity index (χ1) is 7.63. The van der Waals surface area contributed by atoms with E-state index in [0.29, 0.717) is 6.54 Å². The lowest BCUT2D eigenvalue weighted by molar-refractivity contribution is -0.144. The van der Waals surface area contributed by atoms with Gasteiger partial charge in [0, 0.05) is 18.2 Å². The number of hydrogen-bond donors (Lipinski definition) is 1. The van der Waals surface area contributed by atoms with Crippen LogP contribution in [0.4, 0.5) is 8.78 Å². The molecular weight excluding hydrogens is 216 g/mol. The van der Waals surface area contributed by atoms with Crippen molar-refractivity contribution in [2.75, 3.05) is 13.6 Å². The second-order valence-electron chi connectivity index (χ2n) is 3.25. The number of carbonyl (C=O) groups is 1. The summed E-state index contributed by atoms with van der Waals surface area (Å²) >= 11 is 0. The lowest BCUT2D eigenvalue weighted by atomic mass is 10.2. The maximum atomic E-state index is 13.1. The Bertz CT molecular complexity index is 369. The van der Waals surface area contributed by atoms with Crippen LogP contribution >= 0.6 is 0 Å². The van der Waals surface area contributed by atoms with Crippen molar-refractivity contribution in [3.63, 3.8) is 0 Å². The van der Waals surface area contributed by atoms with Crippen LogP contribution in [-0.4, -0.2) is 19.6 Å². The molecule has 1 N–H and O–H groups in total. The molecule has 16 heavy (non-hydrogen) atoms. The van der Waals surface area contributed by atoms with Crippen LogP contribution in [0.1, 0.15) is 12.0 Å². The molecule has 0 aromatic heterocycles. The van der Waals surface area contributed by atoms with Gasteiger partial charge in [0.05, 0.1) is 6.42 Å². The molecular formula is C11H13F2NO2. The van der Waals surface area contributed by atoms with Crippen LogP contribution < -0.4 is 5.32 Å². The summed E-state index contributed by atoms with van der Waals surface area (Å²) in [5, 5.41) is 2.79. The van der Waals surface area contributed by atoms with Crippen LogP contribution in [0.15, 0.2) is 18.2 Å². The van der Waals surface area contributed by atoms with Gasteiger partial charge in [-0.05, 0) is 19.2 Å². The Hall–Kier alpha value is -1.49. The van der Waals surface area contributed by atoms with Crippen LogP contribution in [0.25, 0.3) is 0 Å². The van der Waals surface area contributed by atoms with Gasteiger partial charge in [-0.1, -0.05) is 0 Å². The first-order valence-corrected chi connectivity index (χ1v) is 4.87. The summed E-state index contributed by atoms with van der Waals surface area (Å²) in [6, 6.07) is 3.15. The fraction of sp³-hybridized carbons (Fsp3) is 0.364. The summed E-state index contributed by atoms with van der Waals surface area (Å²) in [6.45, 7) is 0.333. The van der Waals surface area contributed by atoms with E-state index in [-0.39, 0.29) is 18.6 Å². The van der Waals surface area contributed by atoms with E-state index in [4.69, 9.17) is 4.74 Å². The molecule has 0 fully saturated rings. The van der Waals surface area contributed by atoms with Gasteiger partial charge in [0.1, 0.15) is 18.2 Å². The summed E-state index contributed by atoms with van der Waals surface area (Å²) in [5.74, 6) is -1.78. The highest BCUT2D eigenvalue weighted by Gasteiger charge is 2.07. The van der Waals surface area contributed by atoms with Gasteiger partial charge in [-0.3, -0.25) is 4.79 Å². The fourth-order valence-electron chi connectivity index (χ4n) is 1.10. The third-order valence-electron chi connectivity index (χ3n) is 1.98. The third-order valence-corrected chi connectivity index (χ3v) is 1.98. The smallest absolute Gasteiger partial charge is 0.307 e. The summed E-state index contributed by atoms with van der Waals surface area (Å²) in [5.41, 5.74) is 0.166.